The molecule has 0 bridgehead atoms. The third-order valence-corrected chi connectivity index (χ3v) is 3.51. The average molecular weight is 244 g/mol. The maximum absolute atomic E-state index is 4.26. The molecule has 0 spiro atoms. The van der Waals surface area contributed by atoms with Gasteiger partial charge in [0.05, 0.1) is 34.3 Å². The summed E-state index contributed by atoms with van der Waals surface area (Å²) in [6.07, 6.45) is 3.68. The van der Waals surface area contributed by atoms with Crippen LogP contribution in [0.2, 0.25) is 0 Å². The number of thiazole rings is 1. The lowest BCUT2D eigenvalue weighted by Crippen LogP contribution is -2.03. The molecule has 0 saturated carbocycles. The fourth-order valence-corrected chi connectivity index (χ4v) is 2.43. The normalized spacial score (nSPS) is 10.9. The van der Waals surface area contributed by atoms with Crippen molar-refractivity contribution < 1.29 is 0 Å². The number of imidazole rings is 1. The maximum atomic E-state index is 4.26. The van der Waals surface area contributed by atoms with Crippen LogP contribution in [0.3, 0.4) is 0 Å². The van der Waals surface area contributed by atoms with Gasteiger partial charge in [-0.2, -0.15) is 0 Å². The van der Waals surface area contributed by atoms with Gasteiger partial charge in [-0.05, 0) is 18.2 Å². The van der Waals surface area contributed by atoms with E-state index in [1.54, 1.807) is 11.3 Å². The van der Waals surface area contributed by atoms with Crippen molar-refractivity contribution in [3.05, 3.63) is 41.9 Å². The second-order valence-electron chi connectivity index (χ2n) is 3.88. The van der Waals surface area contributed by atoms with Crippen molar-refractivity contribution in [2.24, 2.45) is 7.05 Å². The maximum Gasteiger partial charge on any atom is 0.0946 e. The Kier molecular flexibility index (Phi) is 2.53. The fraction of sp³-hybridized carbons (Fsp3) is 0.167. The first kappa shape index (κ1) is 10.3. The first-order chi connectivity index (χ1) is 8.33. The van der Waals surface area contributed by atoms with Crippen LogP contribution in [0.15, 0.2) is 36.2 Å². The van der Waals surface area contributed by atoms with E-state index in [0.29, 0.717) is 0 Å². The molecule has 2 heterocycles. The number of nitrogens with zero attached hydrogens (tertiary/aromatic N) is 3. The van der Waals surface area contributed by atoms with Gasteiger partial charge in [-0.15, -0.1) is 11.3 Å². The summed E-state index contributed by atoms with van der Waals surface area (Å²) in [5.41, 5.74) is 5.20. The van der Waals surface area contributed by atoms with Gasteiger partial charge in [0, 0.05) is 18.9 Å². The zero-order valence-corrected chi connectivity index (χ0v) is 10.2. The lowest BCUT2D eigenvalue weighted by molar-refractivity contribution is 0.837. The van der Waals surface area contributed by atoms with Crippen molar-refractivity contribution in [2.45, 2.75) is 6.54 Å². The minimum absolute atomic E-state index is 0.779. The SMILES string of the molecule is Cn1cncc1CNc1ccc2ncsc2c1. The van der Waals surface area contributed by atoms with Crippen LogP contribution < -0.4 is 5.32 Å². The van der Waals surface area contributed by atoms with Gasteiger partial charge in [-0.1, -0.05) is 0 Å². The van der Waals surface area contributed by atoms with E-state index < -0.39 is 0 Å². The third kappa shape index (κ3) is 2.01. The van der Waals surface area contributed by atoms with Crippen molar-refractivity contribution in [1.29, 1.82) is 0 Å². The topological polar surface area (TPSA) is 42.7 Å². The van der Waals surface area contributed by atoms with Crippen LogP contribution in [0, 0.1) is 0 Å². The van der Waals surface area contributed by atoms with Gasteiger partial charge in [0.2, 0.25) is 0 Å². The van der Waals surface area contributed by atoms with E-state index in [0.717, 1.165) is 23.4 Å². The number of hydrogen-bond acceptors (Lipinski definition) is 4. The summed E-state index contributed by atoms with van der Waals surface area (Å²) in [4.78, 5) is 8.35. The smallest absolute Gasteiger partial charge is 0.0946 e. The van der Waals surface area contributed by atoms with Gasteiger partial charge in [0.15, 0.2) is 0 Å². The minimum atomic E-state index is 0.779. The van der Waals surface area contributed by atoms with Crippen LogP contribution in [-0.4, -0.2) is 14.5 Å². The molecule has 1 aromatic carbocycles. The van der Waals surface area contributed by atoms with Crippen molar-refractivity contribution in [3.8, 4) is 0 Å². The molecule has 0 unspecified atom stereocenters. The monoisotopic (exact) mass is 244 g/mol. The average Bonchev–Trinajstić information content (AvgIpc) is 2.94. The van der Waals surface area contributed by atoms with Gasteiger partial charge < -0.3 is 9.88 Å². The minimum Gasteiger partial charge on any atom is -0.379 e. The quantitative estimate of drug-likeness (QED) is 0.770. The molecule has 0 aliphatic heterocycles. The summed E-state index contributed by atoms with van der Waals surface area (Å²) in [5, 5.41) is 3.39. The summed E-state index contributed by atoms with van der Waals surface area (Å²) >= 11 is 1.66. The molecule has 0 amide bonds. The Balaban J connectivity index is 1.78. The van der Waals surface area contributed by atoms with Crippen LogP contribution in [-0.2, 0) is 13.6 Å². The molecule has 5 heteroatoms. The van der Waals surface area contributed by atoms with Crippen molar-refractivity contribution in [3.63, 3.8) is 0 Å². The van der Waals surface area contributed by atoms with Gasteiger partial charge >= 0.3 is 0 Å². The summed E-state index contributed by atoms with van der Waals surface area (Å²) in [7, 11) is 2.00. The predicted octanol–water partition coefficient (Wildman–Crippen LogP) is 2.64. The van der Waals surface area contributed by atoms with E-state index in [1.165, 1.54) is 4.70 Å². The zero-order valence-electron chi connectivity index (χ0n) is 9.42. The van der Waals surface area contributed by atoms with Gasteiger partial charge in [-0.3, -0.25) is 0 Å². The van der Waals surface area contributed by atoms with Crippen LogP contribution >= 0.6 is 11.3 Å². The first-order valence-electron chi connectivity index (χ1n) is 5.35. The number of benzene rings is 1. The predicted molar refractivity (Wildman–Crippen MR) is 70.2 cm³/mol. The Morgan fingerprint density at radius 2 is 2.35 bits per heavy atom. The number of hydrogen-bond donors (Lipinski definition) is 1. The van der Waals surface area contributed by atoms with E-state index in [1.807, 2.05) is 35.7 Å². The Labute approximate surface area is 103 Å². The lowest BCUT2D eigenvalue weighted by atomic mass is 10.3. The van der Waals surface area contributed by atoms with Crippen molar-refractivity contribution >= 4 is 27.2 Å². The number of anilines is 1. The number of nitrogens with one attached hydrogen (secondary N) is 1. The molecule has 2 aromatic heterocycles. The van der Waals surface area contributed by atoms with Gasteiger partial charge in [0.1, 0.15) is 0 Å². The molecule has 3 rings (SSSR count). The summed E-state index contributed by atoms with van der Waals surface area (Å²) in [5.74, 6) is 0. The molecule has 0 aliphatic carbocycles. The number of aryl methyl sites for hydroxylation is 1. The standard InChI is InChI=1S/C12H12N4S/c1-16-7-13-5-10(16)6-14-9-2-3-11-12(4-9)17-8-15-11/h2-5,7-8,14H,6H2,1H3. The largest absolute Gasteiger partial charge is 0.379 e. The molecule has 0 fully saturated rings. The van der Waals surface area contributed by atoms with Gasteiger partial charge in [0.25, 0.3) is 0 Å². The summed E-state index contributed by atoms with van der Waals surface area (Å²) in [6.45, 7) is 0.779. The molecule has 0 radical (unpaired) electrons. The molecule has 1 N–H and O–H groups in total. The van der Waals surface area contributed by atoms with Crippen molar-refractivity contribution in [2.75, 3.05) is 5.32 Å². The van der Waals surface area contributed by atoms with Crippen LogP contribution in [0.1, 0.15) is 5.69 Å². The number of rotatable bonds is 3. The molecule has 3 aromatic rings. The van der Waals surface area contributed by atoms with Crippen LogP contribution in [0.5, 0.6) is 0 Å². The van der Waals surface area contributed by atoms with E-state index in [-0.39, 0.29) is 0 Å². The second kappa shape index (κ2) is 4.18. The summed E-state index contributed by atoms with van der Waals surface area (Å²) in [6, 6.07) is 6.22. The highest BCUT2D eigenvalue weighted by atomic mass is 32.1. The fourth-order valence-electron chi connectivity index (χ4n) is 1.71. The first-order valence-corrected chi connectivity index (χ1v) is 6.23. The van der Waals surface area contributed by atoms with Crippen LogP contribution in [0.25, 0.3) is 10.2 Å². The molecule has 0 saturated heterocycles. The number of aromatic nitrogens is 3. The Morgan fingerprint density at radius 1 is 1.41 bits per heavy atom. The second-order valence-corrected chi connectivity index (χ2v) is 4.77. The Bertz CT molecular complexity index is 641. The molecular formula is C12H12N4S. The summed E-state index contributed by atoms with van der Waals surface area (Å²) < 4.78 is 3.22. The van der Waals surface area contributed by atoms with E-state index in [4.69, 9.17) is 0 Å². The van der Waals surface area contributed by atoms with Crippen LogP contribution in [0.4, 0.5) is 5.69 Å². The van der Waals surface area contributed by atoms with E-state index >= 15 is 0 Å². The molecule has 4 nitrogen and oxygen atoms in total. The van der Waals surface area contributed by atoms with E-state index in [9.17, 15) is 0 Å². The van der Waals surface area contributed by atoms with E-state index in [2.05, 4.69) is 27.4 Å². The molecular weight excluding hydrogens is 232 g/mol. The highest BCUT2D eigenvalue weighted by Gasteiger charge is 2.00. The molecule has 0 aliphatic rings. The van der Waals surface area contributed by atoms with Crippen molar-refractivity contribution in [1.82, 2.24) is 14.5 Å². The molecule has 86 valence electrons. The Morgan fingerprint density at radius 3 is 3.18 bits per heavy atom. The molecule has 17 heavy (non-hydrogen) atoms. The third-order valence-electron chi connectivity index (χ3n) is 2.72. The highest BCUT2D eigenvalue weighted by Crippen LogP contribution is 2.22. The zero-order chi connectivity index (χ0) is 11.7. The lowest BCUT2D eigenvalue weighted by Gasteiger charge is -2.06. The Hall–Kier alpha value is -1.88. The van der Waals surface area contributed by atoms with Gasteiger partial charge in [-0.25, -0.2) is 9.97 Å². The highest BCUT2D eigenvalue weighted by molar-refractivity contribution is 7.16. The number of fused-ring (bicyclic) bond motifs is 1. The molecule has 0 atom stereocenters.